The molecule has 1 radical (unpaired) electrons. The Bertz CT molecular complexity index is 238. The highest BCUT2D eigenvalue weighted by Gasteiger charge is 1.98. The highest BCUT2D eigenvalue weighted by molar-refractivity contribution is 5.32. The Hall–Kier alpha value is -0.780. The van der Waals surface area contributed by atoms with Crippen molar-refractivity contribution >= 4 is 0 Å². The minimum Gasteiger partial charge on any atom is -0.0654 e. The second-order valence-electron chi connectivity index (χ2n) is 3.44. The van der Waals surface area contributed by atoms with E-state index in [1.54, 1.807) is 0 Å². The SMILES string of the molecule is C[CH]c1ccccc1CCCCC. The fraction of sp³-hybridized carbons (Fsp3) is 0.462. The summed E-state index contributed by atoms with van der Waals surface area (Å²) in [4.78, 5) is 0. The number of unbranched alkanes of at least 4 members (excludes halogenated alkanes) is 2. The van der Waals surface area contributed by atoms with Crippen LogP contribution in [0, 0.1) is 6.42 Å². The standard InChI is InChI=1S/C13H19/c1-3-5-6-10-13-11-8-7-9-12(13)4-2/h4,7-9,11H,3,5-6,10H2,1-2H3. The minimum absolute atomic E-state index is 1.23. The van der Waals surface area contributed by atoms with Crippen LogP contribution >= 0.6 is 0 Å². The Morgan fingerprint density at radius 2 is 1.92 bits per heavy atom. The van der Waals surface area contributed by atoms with Crippen molar-refractivity contribution in [2.24, 2.45) is 0 Å². The summed E-state index contributed by atoms with van der Waals surface area (Å²) >= 11 is 0. The monoisotopic (exact) mass is 175 g/mol. The summed E-state index contributed by atoms with van der Waals surface area (Å²) in [5.41, 5.74) is 2.90. The van der Waals surface area contributed by atoms with Gasteiger partial charge in [-0.2, -0.15) is 0 Å². The van der Waals surface area contributed by atoms with Gasteiger partial charge in [0, 0.05) is 0 Å². The van der Waals surface area contributed by atoms with Gasteiger partial charge >= 0.3 is 0 Å². The molecule has 0 saturated carbocycles. The third-order valence-corrected chi connectivity index (χ3v) is 2.42. The Morgan fingerprint density at radius 3 is 2.62 bits per heavy atom. The molecule has 13 heavy (non-hydrogen) atoms. The van der Waals surface area contributed by atoms with Crippen LogP contribution in [0.2, 0.25) is 0 Å². The van der Waals surface area contributed by atoms with Crippen LogP contribution in [-0.2, 0) is 6.42 Å². The molecule has 1 aromatic carbocycles. The lowest BCUT2D eigenvalue weighted by Crippen LogP contribution is -1.91. The van der Waals surface area contributed by atoms with Crippen molar-refractivity contribution < 1.29 is 0 Å². The first kappa shape index (κ1) is 10.3. The molecule has 1 rings (SSSR count). The van der Waals surface area contributed by atoms with Gasteiger partial charge in [0.2, 0.25) is 0 Å². The first-order valence-corrected chi connectivity index (χ1v) is 5.25. The second kappa shape index (κ2) is 5.80. The number of benzene rings is 1. The molecule has 0 N–H and O–H groups in total. The van der Waals surface area contributed by atoms with E-state index in [0.717, 1.165) is 0 Å². The highest BCUT2D eigenvalue weighted by atomic mass is 14.0. The topological polar surface area (TPSA) is 0 Å². The van der Waals surface area contributed by atoms with E-state index in [-0.39, 0.29) is 0 Å². The van der Waals surface area contributed by atoms with Crippen LogP contribution < -0.4 is 0 Å². The van der Waals surface area contributed by atoms with Gasteiger partial charge in [-0.25, -0.2) is 0 Å². The van der Waals surface area contributed by atoms with E-state index in [9.17, 15) is 0 Å². The molecular formula is C13H19. The van der Waals surface area contributed by atoms with Crippen molar-refractivity contribution in [3.8, 4) is 0 Å². The van der Waals surface area contributed by atoms with Gasteiger partial charge in [0.05, 0.1) is 0 Å². The Labute approximate surface area is 82.0 Å². The van der Waals surface area contributed by atoms with Crippen LogP contribution in [0.5, 0.6) is 0 Å². The molecule has 0 saturated heterocycles. The van der Waals surface area contributed by atoms with E-state index >= 15 is 0 Å². The van der Waals surface area contributed by atoms with Gasteiger partial charge in [-0.05, 0) is 30.4 Å². The fourth-order valence-electron chi connectivity index (χ4n) is 1.61. The van der Waals surface area contributed by atoms with Crippen LogP contribution in [0.15, 0.2) is 24.3 Å². The van der Waals surface area contributed by atoms with E-state index < -0.39 is 0 Å². The zero-order valence-electron chi connectivity index (χ0n) is 8.72. The first-order valence-electron chi connectivity index (χ1n) is 5.25. The zero-order chi connectivity index (χ0) is 9.52. The average molecular weight is 175 g/mol. The van der Waals surface area contributed by atoms with Crippen molar-refractivity contribution in [1.29, 1.82) is 0 Å². The van der Waals surface area contributed by atoms with Crippen LogP contribution in [0.4, 0.5) is 0 Å². The van der Waals surface area contributed by atoms with Crippen LogP contribution in [0.3, 0.4) is 0 Å². The van der Waals surface area contributed by atoms with E-state index in [4.69, 9.17) is 0 Å². The quantitative estimate of drug-likeness (QED) is 0.593. The van der Waals surface area contributed by atoms with E-state index in [1.165, 1.54) is 36.8 Å². The Morgan fingerprint density at radius 1 is 1.15 bits per heavy atom. The molecule has 0 aliphatic carbocycles. The smallest absolute Gasteiger partial charge is 0.0121 e. The van der Waals surface area contributed by atoms with Crippen LogP contribution in [0.1, 0.15) is 44.2 Å². The molecule has 71 valence electrons. The third-order valence-electron chi connectivity index (χ3n) is 2.42. The molecule has 0 aromatic heterocycles. The number of hydrogen-bond acceptors (Lipinski definition) is 0. The summed E-state index contributed by atoms with van der Waals surface area (Å²) in [5.74, 6) is 0. The molecule has 0 aliphatic rings. The molecule has 0 amide bonds. The van der Waals surface area contributed by atoms with Gasteiger partial charge < -0.3 is 0 Å². The molecule has 0 unspecified atom stereocenters. The van der Waals surface area contributed by atoms with Crippen molar-refractivity contribution in [2.45, 2.75) is 39.5 Å². The molecule has 0 fully saturated rings. The lowest BCUT2D eigenvalue weighted by atomic mass is 10.00. The predicted molar refractivity (Wildman–Crippen MR) is 58.7 cm³/mol. The van der Waals surface area contributed by atoms with Crippen LogP contribution in [0.25, 0.3) is 0 Å². The van der Waals surface area contributed by atoms with Crippen molar-refractivity contribution in [1.82, 2.24) is 0 Å². The fourth-order valence-corrected chi connectivity index (χ4v) is 1.61. The molecule has 0 spiro atoms. The molecule has 0 atom stereocenters. The first-order chi connectivity index (χ1) is 6.38. The van der Waals surface area contributed by atoms with Gasteiger partial charge in [-0.1, -0.05) is 51.0 Å². The normalized spacial score (nSPS) is 10.3. The van der Waals surface area contributed by atoms with E-state index in [0.29, 0.717) is 0 Å². The summed E-state index contributed by atoms with van der Waals surface area (Å²) in [6.07, 6.45) is 7.40. The van der Waals surface area contributed by atoms with Crippen molar-refractivity contribution in [3.63, 3.8) is 0 Å². The van der Waals surface area contributed by atoms with Gasteiger partial charge in [0.15, 0.2) is 0 Å². The molecular weight excluding hydrogens is 156 g/mol. The molecule has 0 aliphatic heterocycles. The Kier molecular flexibility index (Phi) is 4.59. The maximum absolute atomic E-state index is 2.25. The maximum atomic E-state index is 2.25. The second-order valence-corrected chi connectivity index (χ2v) is 3.44. The largest absolute Gasteiger partial charge is 0.0654 e. The van der Waals surface area contributed by atoms with Gasteiger partial charge in [-0.3, -0.25) is 0 Å². The summed E-state index contributed by atoms with van der Waals surface area (Å²) in [7, 11) is 0. The lowest BCUT2D eigenvalue weighted by Gasteiger charge is -2.06. The van der Waals surface area contributed by atoms with Crippen molar-refractivity contribution in [2.75, 3.05) is 0 Å². The number of hydrogen-bond donors (Lipinski definition) is 0. The summed E-state index contributed by atoms with van der Waals surface area (Å²) < 4.78 is 0. The van der Waals surface area contributed by atoms with Gasteiger partial charge in [0.25, 0.3) is 0 Å². The third kappa shape index (κ3) is 3.22. The molecule has 0 nitrogen and oxygen atoms in total. The van der Waals surface area contributed by atoms with E-state index in [2.05, 4.69) is 44.5 Å². The van der Waals surface area contributed by atoms with Crippen LogP contribution in [-0.4, -0.2) is 0 Å². The van der Waals surface area contributed by atoms with Gasteiger partial charge in [0.1, 0.15) is 0 Å². The van der Waals surface area contributed by atoms with Crippen molar-refractivity contribution in [3.05, 3.63) is 41.8 Å². The average Bonchev–Trinajstić information content (AvgIpc) is 2.19. The zero-order valence-corrected chi connectivity index (χ0v) is 8.72. The molecule has 0 heteroatoms. The number of aryl methyl sites for hydroxylation is 1. The predicted octanol–water partition coefficient (Wildman–Crippen LogP) is 3.99. The highest BCUT2D eigenvalue weighted by Crippen LogP contribution is 2.13. The maximum Gasteiger partial charge on any atom is -0.0121 e. The Balaban J connectivity index is 2.54. The molecule has 0 heterocycles. The lowest BCUT2D eigenvalue weighted by molar-refractivity contribution is 0.716. The van der Waals surface area contributed by atoms with E-state index in [1.807, 2.05) is 0 Å². The summed E-state index contributed by atoms with van der Waals surface area (Å²) in [6, 6.07) is 8.68. The van der Waals surface area contributed by atoms with Gasteiger partial charge in [-0.15, -0.1) is 0 Å². The molecule has 1 aromatic rings. The summed E-state index contributed by atoms with van der Waals surface area (Å²) in [6.45, 7) is 4.36. The number of rotatable bonds is 5. The minimum atomic E-state index is 1.23. The summed E-state index contributed by atoms with van der Waals surface area (Å²) in [5, 5.41) is 0. The molecule has 0 bridgehead atoms.